The Hall–Kier alpha value is -2.08. The predicted molar refractivity (Wildman–Crippen MR) is 111 cm³/mol. The smallest absolute Gasteiger partial charge is 0.243 e. The van der Waals surface area contributed by atoms with E-state index >= 15 is 0 Å². The number of thiophene rings is 1. The highest BCUT2D eigenvalue weighted by molar-refractivity contribution is 9.10. The van der Waals surface area contributed by atoms with Crippen LogP contribution >= 0.6 is 39.0 Å². The largest absolute Gasteiger partial charge is 0.422 e. The van der Waals surface area contributed by atoms with Crippen molar-refractivity contribution in [3.63, 3.8) is 0 Å². The van der Waals surface area contributed by atoms with Gasteiger partial charge in [0.05, 0.1) is 17.7 Å². The van der Waals surface area contributed by atoms with E-state index in [1.54, 1.807) is 23.1 Å². The van der Waals surface area contributed by atoms with Gasteiger partial charge in [0.15, 0.2) is 0 Å². The van der Waals surface area contributed by atoms with Gasteiger partial charge in [-0.3, -0.25) is 10.5 Å². The minimum atomic E-state index is -0.663. The van der Waals surface area contributed by atoms with Gasteiger partial charge in [0.25, 0.3) is 0 Å². The Morgan fingerprint density at radius 3 is 2.85 bits per heavy atom. The van der Waals surface area contributed by atoms with Gasteiger partial charge in [0.2, 0.25) is 11.8 Å². The first kappa shape index (κ1) is 18.3. The third kappa shape index (κ3) is 3.55. The van der Waals surface area contributed by atoms with Crippen LogP contribution in [0.2, 0.25) is 0 Å². The average Bonchev–Trinajstić information content (AvgIpc) is 3.26. The van der Waals surface area contributed by atoms with Gasteiger partial charge in [0.1, 0.15) is 5.92 Å². The van der Waals surface area contributed by atoms with Crippen LogP contribution in [0, 0.1) is 29.6 Å². The summed E-state index contributed by atoms with van der Waals surface area (Å²) in [5.41, 5.74) is 3.04. The molecule has 1 aliphatic rings. The first-order chi connectivity index (χ1) is 13.1. The SMILES string of the molecule is Cc1ccc(SCc2[nH]nc3c2C(c2cc(Br)cs2)C(C#N)C(=N)O3)cc1. The summed E-state index contributed by atoms with van der Waals surface area (Å²) in [5.74, 6) is 0.117. The van der Waals surface area contributed by atoms with Crippen LogP contribution in [0.1, 0.15) is 27.6 Å². The van der Waals surface area contributed by atoms with Crippen molar-refractivity contribution in [2.75, 3.05) is 0 Å². The summed E-state index contributed by atoms with van der Waals surface area (Å²) in [7, 11) is 0. The molecule has 4 rings (SSSR count). The number of fused-ring (bicyclic) bond motifs is 1. The Morgan fingerprint density at radius 1 is 1.41 bits per heavy atom. The van der Waals surface area contributed by atoms with Gasteiger partial charge in [-0.15, -0.1) is 28.2 Å². The normalized spacial score (nSPS) is 18.6. The van der Waals surface area contributed by atoms with Crippen molar-refractivity contribution in [2.45, 2.75) is 23.5 Å². The first-order valence-electron chi connectivity index (χ1n) is 8.23. The van der Waals surface area contributed by atoms with Gasteiger partial charge in [-0.05, 0) is 41.1 Å². The maximum atomic E-state index is 9.67. The highest BCUT2D eigenvalue weighted by Gasteiger charge is 2.41. The number of benzene rings is 1. The third-order valence-electron chi connectivity index (χ3n) is 4.42. The molecule has 0 saturated heterocycles. The van der Waals surface area contributed by atoms with Crippen LogP contribution in [0.4, 0.5) is 0 Å². The van der Waals surface area contributed by atoms with Crippen LogP contribution in [0.25, 0.3) is 0 Å². The predicted octanol–water partition coefficient (Wildman–Crippen LogP) is 5.48. The number of aromatic nitrogens is 2. The molecule has 5 nitrogen and oxygen atoms in total. The van der Waals surface area contributed by atoms with Crippen molar-refractivity contribution in [1.82, 2.24) is 10.2 Å². The molecule has 0 aliphatic carbocycles. The van der Waals surface area contributed by atoms with E-state index in [-0.39, 0.29) is 11.8 Å². The van der Waals surface area contributed by atoms with E-state index in [1.807, 2.05) is 11.4 Å². The Bertz CT molecular complexity index is 1030. The molecule has 27 heavy (non-hydrogen) atoms. The number of nitrogens with zero attached hydrogens (tertiary/aromatic N) is 2. The minimum absolute atomic E-state index is 0.0521. The average molecular weight is 459 g/mol. The van der Waals surface area contributed by atoms with Crippen LogP contribution < -0.4 is 4.74 Å². The lowest BCUT2D eigenvalue weighted by Gasteiger charge is -2.26. The quantitative estimate of drug-likeness (QED) is 0.507. The zero-order valence-electron chi connectivity index (χ0n) is 14.3. The van der Waals surface area contributed by atoms with E-state index in [4.69, 9.17) is 10.1 Å². The topological polar surface area (TPSA) is 85.5 Å². The maximum absolute atomic E-state index is 9.67. The fourth-order valence-corrected chi connectivity index (χ4v) is 5.53. The molecule has 2 N–H and O–H groups in total. The minimum Gasteiger partial charge on any atom is -0.422 e. The summed E-state index contributed by atoms with van der Waals surface area (Å²) in [6, 6.07) is 12.6. The molecule has 2 aromatic heterocycles. The number of nitriles is 1. The molecule has 3 heterocycles. The molecular formula is C19H15BrN4OS2. The number of rotatable bonds is 4. The van der Waals surface area contributed by atoms with Gasteiger partial charge >= 0.3 is 0 Å². The molecular weight excluding hydrogens is 444 g/mol. The summed E-state index contributed by atoms with van der Waals surface area (Å²) in [4.78, 5) is 2.19. The Morgan fingerprint density at radius 2 is 2.19 bits per heavy atom. The van der Waals surface area contributed by atoms with E-state index in [0.29, 0.717) is 11.6 Å². The zero-order chi connectivity index (χ0) is 19.0. The number of ether oxygens (including phenoxy) is 1. The van der Waals surface area contributed by atoms with Crippen LogP contribution in [-0.2, 0) is 5.75 Å². The monoisotopic (exact) mass is 458 g/mol. The van der Waals surface area contributed by atoms with Gasteiger partial charge in [-0.2, -0.15) is 5.26 Å². The second kappa shape index (κ2) is 7.50. The number of H-pyrrole nitrogens is 1. The van der Waals surface area contributed by atoms with Crippen LogP contribution in [0.3, 0.4) is 0 Å². The number of hydrogen-bond donors (Lipinski definition) is 2. The summed E-state index contributed by atoms with van der Waals surface area (Å²) < 4.78 is 6.51. The molecule has 0 spiro atoms. The molecule has 0 radical (unpaired) electrons. The number of nitrogens with one attached hydrogen (secondary N) is 2. The summed E-state index contributed by atoms with van der Waals surface area (Å²) in [6.45, 7) is 2.07. The van der Waals surface area contributed by atoms with E-state index < -0.39 is 5.92 Å². The fourth-order valence-electron chi connectivity index (χ4n) is 3.08. The van der Waals surface area contributed by atoms with Crippen molar-refractivity contribution >= 4 is 44.9 Å². The summed E-state index contributed by atoms with van der Waals surface area (Å²) in [5, 5.41) is 27.1. The standard InChI is InChI=1S/C19H15BrN4OS2/c1-10-2-4-12(5-3-10)26-9-14-17-16(15-6-11(20)8-27-15)13(7-21)18(22)25-19(17)24-23-14/h2-6,8,13,16,22H,9H2,1H3,(H,23,24). The lowest BCUT2D eigenvalue weighted by molar-refractivity contribution is 0.438. The highest BCUT2D eigenvalue weighted by atomic mass is 79.9. The number of thioether (sulfide) groups is 1. The van der Waals surface area contributed by atoms with Crippen molar-refractivity contribution in [3.8, 4) is 11.9 Å². The molecule has 0 fully saturated rings. The number of aryl methyl sites for hydroxylation is 1. The van der Waals surface area contributed by atoms with Crippen molar-refractivity contribution < 1.29 is 4.74 Å². The van der Waals surface area contributed by atoms with E-state index in [0.717, 1.165) is 20.6 Å². The second-order valence-electron chi connectivity index (χ2n) is 6.24. The number of aromatic amines is 1. The molecule has 8 heteroatoms. The Balaban J connectivity index is 1.70. The lowest BCUT2D eigenvalue weighted by atomic mass is 9.83. The van der Waals surface area contributed by atoms with E-state index in [9.17, 15) is 5.26 Å². The van der Waals surface area contributed by atoms with Crippen LogP contribution in [0.15, 0.2) is 45.1 Å². The molecule has 136 valence electrons. The van der Waals surface area contributed by atoms with Gasteiger partial charge < -0.3 is 4.74 Å². The van der Waals surface area contributed by atoms with E-state index in [2.05, 4.69) is 63.4 Å². The van der Waals surface area contributed by atoms with Gasteiger partial charge in [-0.25, -0.2) is 0 Å². The molecule has 0 saturated carbocycles. The number of hydrogen-bond acceptors (Lipinski definition) is 6. The number of halogens is 1. The Labute approximate surface area is 173 Å². The first-order valence-corrected chi connectivity index (χ1v) is 10.9. The van der Waals surface area contributed by atoms with Crippen molar-refractivity contribution in [1.29, 1.82) is 10.7 Å². The molecule has 2 unspecified atom stereocenters. The second-order valence-corrected chi connectivity index (χ2v) is 9.15. The van der Waals surface area contributed by atoms with Crippen LogP contribution in [-0.4, -0.2) is 16.1 Å². The summed E-state index contributed by atoms with van der Waals surface area (Å²) in [6.07, 6.45) is 0. The van der Waals surface area contributed by atoms with Gasteiger partial charge in [0, 0.05) is 30.9 Å². The van der Waals surface area contributed by atoms with E-state index in [1.165, 1.54) is 10.5 Å². The third-order valence-corrected chi connectivity index (χ3v) is 7.23. The molecule has 1 aromatic carbocycles. The molecule has 3 aromatic rings. The van der Waals surface area contributed by atoms with Crippen molar-refractivity contribution in [2.24, 2.45) is 5.92 Å². The molecule has 0 amide bonds. The Kier molecular flexibility index (Phi) is 5.08. The highest BCUT2D eigenvalue weighted by Crippen LogP contribution is 2.46. The van der Waals surface area contributed by atoms with Crippen LogP contribution in [0.5, 0.6) is 5.88 Å². The molecule has 2 atom stereocenters. The fraction of sp³-hybridized carbons (Fsp3) is 0.211. The van der Waals surface area contributed by atoms with Crippen molar-refractivity contribution in [3.05, 3.63) is 61.9 Å². The molecule has 1 aliphatic heterocycles. The zero-order valence-corrected chi connectivity index (χ0v) is 17.5. The summed E-state index contributed by atoms with van der Waals surface area (Å²) >= 11 is 6.76. The van der Waals surface area contributed by atoms with Gasteiger partial charge in [-0.1, -0.05) is 17.7 Å². The molecule has 0 bridgehead atoms. The maximum Gasteiger partial charge on any atom is 0.243 e. The lowest BCUT2D eigenvalue weighted by Crippen LogP contribution is -2.30.